The van der Waals surface area contributed by atoms with Crippen LogP contribution in [0.25, 0.3) is 0 Å². The third-order valence-corrected chi connectivity index (χ3v) is 4.63. The van der Waals surface area contributed by atoms with E-state index in [9.17, 15) is 0 Å². The predicted molar refractivity (Wildman–Crippen MR) is 72.2 cm³/mol. The van der Waals surface area contributed by atoms with Gasteiger partial charge in [-0.1, -0.05) is 24.6 Å². The molecule has 0 radical (unpaired) electrons. The molecule has 16 heavy (non-hydrogen) atoms. The maximum absolute atomic E-state index is 4.42. The molecule has 0 atom stereocenters. The topological polar surface area (TPSA) is 12.9 Å². The first-order valence-corrected chi connectivity index (χ1v) is 7.21. The normalized spacial score (nSPS) is 10.6. The number of aromatic nitrogens is 1. The van der Waals surface area contributed by atoms with Crippen LogP contribution in [-0.4, -0.2) is 4.98 Å². The van der Waals surface area contributed by atoms with Gasteiger partial charge in [0.1, 0.15) is 5.01 Å². The van der Waals surface area contributed by atoms with Gasteiger partial charge in [0.15, 0.2) is 0 Å². The second-order valence-corrected chi connectivity index (χ2v) is 5.93. The van der Waals surface area contributed by atoms with E-state index in [0.29, 0.717) is 0 Å². The Morgan fingerprint density at radius 2 is 2.25 bits per heavy atom. The second-order valence-electron chi connectivity index (χ2n) is 3.68. The minimum Gasteiger partial charge on any atom is -0.249 e. The monoisotopic (exact) mass is 249 g/mol. The highest BCUT2D eigenvalue weighted by molar-refractivity contribution is 7.98. The van der Waals surface area contributed by atoms with Crippen LogP contribution in [0.4, 0.5) is 0 Å². The van der Waals surface area contributed by atoms with Crippen molar-refractivity contribution < 1.29 is 0 Å². The number of hydrogen-bond acceptors (Lipinski definition) is 3. The number of benzene rings is 1. The van der Waals surface area contributed by atoms with Gasteiger partial charge >= 0.3 is 0 Å². The molecule has 1 aromatic carbocycles. The molecule has 3 heteroatoms. The van der Waals surface area contributed by atoms with Crippen LogP contribution in [0.2, 0.25) is 0 Å². The van der Waals surface area contributed by atoms with Crippen molar-refractivity contribution in [1.82, 2.24) is 4.98 Å². The van der Waals surface area contributed by atoms with Gasteiger partial charge in [-0.25, -0.2) is 4.98 Å². The molecule has 1 heterocycles. The molecule has 0 spiro atoms. The van der Waals surface area contributed by atoms with E-state index >= 15 is 0 Å². The molecule has 0 amide bonds. The maximum Gasteiger partial charge on any atom is 0.103 e. The summed E-state index contributed by atoms with van der Waals surface area (Å²) in [4.78, 5) is 7.12. The van der Waals surface area contributed by atoms with Gasteiger partial charge in [0.25, 0.3) is 0 Å². The van der Waals surface area contributed by atoms with Crippen LogP contribution < -0.4 is 0 Å². The smallest absolute Gasteiger partial charge is 0.103 e. The Morgan fingerprint density at radius 1 is 1.38 bits per heavy atom. The molecule has 0 aliphatic rings. The van der Waals surface area contributed by atoms with Gasteiger partial charge in [-0.15, -0.1) is 23.1 Å². The molecule has 0 unspecified atom stereocenters. The molecule has 0 saturated carbocycles. The van der Waals surface area contributed by atoms with Gasteiger partial charge < -0.3 is 0 Å². The summed E-state index contributed by atoms with van der Waals surface area (Å²) in [6, 6.07) is 8.62. The lowest BCUT2D eigenvalue weighted by Gasteiger charge is -2.00. The van der Waals surface area contributed by atoms with E-state index in [4.69, 9.17) is 0 Å². The molecule has 84 valence electrons. The number of nitrogens with zero attached hydrogens (tertiary/aromatic N) is 1. The SMILES string of the molecule is CCc1cnc(CSc2cccc(C)c2)s1. The largest absolute Gasteiger partial charge is 0.249 e. The van der Waals surface area contributed by atoms with Gasteiger partial charge in [0, 0.05) is 16.0 Å². The Morgan fingerprint density at radius 3 is 2.94 bits per heavy atom. The van der Waals surface area contributed by atoms with Gasteiger partial charge in [-0.05, 0) is 25.5 Å². The summed E-state index contributed by atoms with van der Waals surface area (Å²) >= 11 is 3.68. The number of hydrogen-bond donors (Lipinski definition) is 0. The summed E-state index contributed by atoms with van der Waals surface area (Å²) in [6.07, 6.45) is 3.09. The van der Waals surface area contributed by atoms with Crippen molar-refractivity contribution in [3.8, 4) is 0 Å². The molecule has 0 aliphatic carbocycles. The zero-order valence-corrected chi connectivity index (χ0v) is 11.2. The Balaban J connectivity index is 1.96. The molecule has 2 aromatic rings. The summed E-state index contributed by atoms with van der Waals surface area (Å²) in [5, 5.41) is 1.23. The fourth-order valence-corrected chi connectivity index (χ4v) is 3.31. The Labute approximate surface area is 105 Å². The highest BCUT2D eigenvalue weighted by Crippen LogP contribution is 2.25. The van der Waals surface area contributed by atoms with Crippen LogP contribution in [0.1, 0.15) is 22.4 Å². The quantitative estimate of drug-likeness (QED) is 0.749. The maximum atomic E-state index is 4.42. The summed E-state index contributed by atoms with van der Waals surface area (Å²) in [7, 11) is 0. The predicted octanol–water partition coefficient (Wildman–Crippen LogP) is 4.31. The lowest BCUT2D eigenvalue weighted by Crippen LogP contribution is -1.78. The van der Waals surface area contributed by atoms with Crippen LogP contribution >= 0.6 is 23.1 Å². The van der Waals surface area contributed by atoms with Crippen molar-refractivity contribution in [3.63, 3.8) is 0 Å². The van der Waals surface area contributed by atoms with Crippen molar-refractivity contribution >= 4 is 23.1 Å². The average Bonchev–Trinajstić information content (AvgIpc) is 2.74. The molecule has 0 saturated heterocycles. The molecule has 0 fully saturated rings. The molecular formula is C13H15NS2. The van der Waals surface area contributed by atoms with E-state index in [1.54, 1.807) is 0 Å². The van der Waals surface area contributed by atoms with E-state index in [2.05, 4.69) is 43.1 Å². The van der Waals surface area contributed by atoms with Crippen molar-refractivity contribution in [2.24, 2.45) is 0 Å². The van der Waals surface area contributed by atoms with Crippen LogP contribution in [0.15, 0.2) is 35.4 Å². The molecule has 0 N–H and O–H groups in total. The van der Waals surface area contributed by atoms with E-state index in [0.717, 1.165) is 12.2 Å². The molecule has 1 nitrogen and oxygen atoms in total. The van der Waals surface area contributed by atoms with E-state index < -0.39 is 0 Å². The van der Waals surface area contributed by atoms with Crippen molar-refractivity contribution in [2.45, 2.75) is 30.9 Å². The summed E-state index contributed by atoms with van der Waals surface area (Å²) < 4.78 is 0. The molecular weight excluding hydrogens is 234 g/mol. The standard InChI is InChI=1S/C13H15NS2/c1-3-11-8-14-13(16-11)9-15-12-6-4-5-10(2)7-12/h4-8H,3,9H2,1-2H3. The highest BCUT2D eigenvalue weighted by atomic mass is 32.2. The van der Waals surface area contributed by atoms with Gasteiger partial charge in [0.05, 0.1) is 5.75 Å². The van der Waals surface area contributed by atoms with Crippen molar-refractivity contribution in [2.75, 3.05) is 0 Å². The van der Waals surface area contributed by atoms with Gasteiger partial charge in [-0.2, -0.15) is 0 Å². The van der Waals surface area contributed by atoms with Crippen LogP contribution in [0.5, 0.6) is 0 Å². The zero-order chi connectivity index (χ0) is 11.4. The zero-order valence-electron chi connectivity index (χ0n) is 9.56. The molecule has 0 bridgehead atoms. The third kappa shape index (κ3) is 3.09. The van der Waals surface area contributed by atoms with Crippen LogP contribution in [0, 0.1) is 6.92 Å². The highest BCUT2D eigenvalue weighted by Gasteiger charge is 2.01. The van der Waals surface area contributed by atoms with Crippen molar-refractivity contribution in [1.29, 1.82) is 0 Å². The summed E-state index contributed by atoms with van der Waals surface area (Å²) in [5.74, 6) is 0.980. The average molecular weight is 249 g/mol. The van der Waals surface area contributed by atoms with Crippen LogP contribution in [-0.2, 0) is 12.2 Å². The van der Waals surface area contributed by atoms with E-state index in [1.165, 1.54) is 20.3 Å². The molecule has 1 aromatic heterocycles. The van der Waals surface area contributed by atoms with Crippen LogP contribution in [0.3, 0.4) is 0 Å². The lowest BCUT2D eigenvalue weighted by atomic mass is 10.2. The first-order valence-electron chi connectivity index (χ1n) is 5.41. The fourth-order valence-electron chi connectivity index (χ4n) is 1.43. The minimum absolute atomic E-state index is 0.980. The molecule has 0 aliphatic heterocycles. The number of thiazole rings is 1. The van der Waals surface area contributed by atoms with Gasteiger partial charge in [-0.3, -0.25) is 0 Å². The lowest BCUT2D eigenvalue weighted by molar-refractivity contribution is 1.16. The summed E-state index contributed by atoms with van der Waals surface area (Å²) in [6.45, 7) is 4.30. The fraction of sp³-hybridized carbons (Fsp3) is 0.308. The Hall–Kier alpha value is -0.800. The minimum atomic E-state index is 0.980. The number of rotatable bonds is 4. The third-order valence-electron chi connectivity index (χ3n) is 2.30. The number of thioether (sulfide) groups is 1. The summed E-state index contributed by atoms with van der Waals surface area (Å²) in [5.41, 5.74) is 1.32. The van der Waals surface area contributed by atoms with E-state index in [-0.39, 0.29) is 0 Å². The second kappa shape index (κ2) is 5.51. The Bertz CT molecular complexity index is 462. The van der Waals surface area contributed by atoms with Gasteiger partial charge in [0.2, 0.25) is 0 Å². The van der Waals surface area contributed by atoms with Crippen molar-refractivity contribution in [3.05, 3.63) is 45.9 Å². The first kappa shape index (κ1) is 11.7. The van der Waals surface area contributed by atoms with E-state index in [1.807, 2.05) is 29.3 Å². The first-order chi connectivity index (χ1) is 7.78. The Kier molecular flexibility index (Phi) is 4.02. The molecule has 2 rings (SSSR count). The number of aryl methyl sites for hydroxylation is 2.